The molecule has 0 spiro atoms. The normalized spacial score (nSPS) is 12.0. The summed E-state index contributed by atoms with van der Waals surface area (Å²) < 4.78 is 66.7. The monoisotopic (exact) mass is 710 g/mol. The largest absolute Gasteiger partial charge is 0.395 e. The van der Waals surface area contributed by atoms with Crippen LogP contribution in [-0.4, -0.2) is 79.3 Å². The van der Waals surface area contributed by atoms with Gasteiger partial charge in [0.15, 0.2) is 5.82 Å². The summed E-state index contributed by atoms with van der Waals surface area (Å²) >= 11 is 0. The molecule has 5 rings (SSSR count). The van der Waals surface area contributed by atoms with E-state index in [1.54, 1.807) is 6.07 Å². The molecule has 3 aromatic heterocycles. The van der Waals surface area contributed by atoms with E-state index in [-0.39, 0.29) is 60.4 Å². The highest BCUT2D eigenvalue weighted by Crippen LogP contribution is 2.37. The van der Waals surface area contributed by atoms with Gasteiger partial charge in [0.05, 0.1) is 35.5 Å². The Morgan fingerprint density at radius 3 is 2.22 bits per heavy atom. The summed E-state index contributed by atoms with van der Waals surface area (Å²) in [7, 11) is -6.67. The lowest BCUT2D eigenvalue weighted by atomic mass is 10.2. The quantitative estimate of drug-likeness (QED) is 0.0535. The van der Waals surface area contributed by atoms with E-state index in [2.05, 4.69) is 51.1 Å². The second-order valence-corrected chi connectivity index (χ2v) is 13.5. The van der Waals surface area contributed by atoms with Gasteiger partial charge in [0.25, 0.3) is 25.9 Å². The zero-order valence-electron chi connectivity index (χ0n) is 26.0. The van der Waals surface area contributed by atoms with Crippen LogP contribution >= 0.6 is 0 Å². The molecule has 5 aromatic rings. The molecule has 0 aliphatic carbocycles. The van der Waals surface area contributed by atoms with Crippen molar-refractivity contribution in [3.63, 3.8) is 0 Å². The Balaban J connectivity index is 1.45. The van der Waals surface area contributed by atoms with E-state index in [0.29, 0.717) is 22.4 Å². The SMILES string of the molecule is [C-]#[N+]c1cnn(CCCS(=O)(=O)O)c1N=Nc1c(C)n(C)c2ccc(Nc3nc(NCCO)nc(Nc4ccc(S(=O)(=O)O)cc4)n3)cc12. The molecule has 0 saturated heterocycles. The van der Waals surface area contributed by atoms with Crippen molar-refractivity contribution >= 4 is 77.6 Å². The average Bonchev–Trinajstić information content (AvgIpc) is 3.54. The number of nitrogens with zero attached hydrogens (tertiary/aromatic N) is 9. The first kappa shape index (κ1) is 34.8. The molecule has 49 heavy (non-hydrogen) atoms. The molecule has 256 valence electrons. The Morgan fingerprint density at radius 1 is 0.939 bits per heavy atom. The lowest BCUT2D eigenvalue weighted by Crippen LogP contribution is -2.12. The number of anilines is 5. The Hall–Kier alpha value is -5.53. The Morgan fingerprint density at radius 2 is 1.59 bits per heavy atom. The summed E-state index contributed by atoms with van der Waals surface area (Å²) in [4.78, 5) is 16.2. The molecule has 0 saturated carbocycles. The number of benzene rings is 2. The van der Waals surface area contributed by atoms with Crippen molar-refractivity contribution in [3.8, 4) is 0 Å². The number of aromatic nitrogens is 6. The van der Waals surface area contributed by atoms with Crippen LogP contribution in [0.25, 0.3) is 15.7 Å². The van der Waals surface area contributed by atoms with Crippen molar-refractivity contribution in [2.45, 2.75) is 24.8 Å². The Kier molecular flexibility index (Phi) is 10.2. The first-order chi connectivity index (χ1) is 23.3. The van der Waals surface area contributed by atoms with Crippen LogP contribution in [0.1, 0.15) is 12.1 Å². The van der Waals surface area contributed by atoms with E-state index in [4.69, 9.17) is 11.1 Å². The number of fused-ring (bicyclic) bond motifs is 1. The highest BCUT2D eigenvalue weighted by Gasteiger charge is 2.17. The first-order valence-electron chi connectivity index (χ1n) is 14.4. The molecule has 0 amide bonds. The molecular formula is C28H30N12O7S2. The van der Waals surface area contributed by atoms with Crippen molar-refractivity contribution in [1.29, 1.82) is 0 Å². The van der Waals surface area contributed by atoms with E-state index in [1.165, 1.54) is 35.1 Å². The lowest BCUT2D eigenvalue weighted by molar-refractivity contribution is 0.311. The van der Waals surface area contributed by atoms with Gasteiger partial charge in [-0.1, -0.05) is 0 Å². The number of aliphatic hydroxyl groups is 1. The summed E-state index contributed by atoms with van der Waals surface area (Å²) in [5, 5.41) is 31.9. The summed E-state index contributed by atoms with van der Waals surface area (Å²) in [6.45, 7) is 9.40. The number of hydrogen-bond donors (Lipinski definition) is 6. The molecule has 19 nitrogen and oxygen atoms in total. The molecular weight excluding hydrogens is 681 g/mol. The molecule has 0 atom stereocenters. The molecule has 0 radical (unpaired) electrons. The molecule has 0 bridgehead atoms. The third-order valence-electron chi connectivity index (χ3n) is 7.08. The fraction of sp³-hybridized carbons (Fsp3) is 0.250. The minimum absolute atomic E-state index is 0.0503. The molecule has 3 heterocycles. The van der Waals surface area contributed by atoms with Crippen molar-refractivity contribution in [2.75, 3.05) is 34.9 Å². The fourth-order valence-electron chi connectivity index (χ4n) is 4.67. The lowest BCUT2D eigenvalue weighted by Gasteiger charge is -2.11. The van der Waals surface area contributed by atoms with Crippen molar-refractivity contribution in [3.05, 3.63) is 65.8 Å². The smallest absolute Gasteiger partial charge is 0.294 e. The Labute approximate surface area is 280 Å². The van der Waals surface area contributed by atoms with Crippen LogP contribution in [-0.2, 0) is 33.8 Å². The van der Waals surface area contributed by atoms with Crippen LogP contribution in [0.5, 0.6) is 0 Å². The summed E-state index contributed by atoms with van der Waals surface area (Å²) in [5.74, 6) is 0.0117. The van der Waals surface area contributed by atoms with Crippen LogP contribution in [0, 0.1) is 13.5 Å². The summed E-state index contributed by atoms with van der Waals surface area (Å²) in [6.07, 6.45) is 1.36. The standard InChI is InChI=1S/C28H30N12O7S2/c1-17-24(37-38-25-22(29-2)16-31-40(25)12-4-14-48(42,43)44)21-15-19(7-10-23(21)39(17)3)33-28-35-26(30-11-13-41)34-27(36-28)32-18-5-8-20(9-6-18)49(45,46)47/h5-10,15-16,41H,4,11-14H2,1,3H3,(H,42,43,44)(H,45,46,47)(H3,30,32,33,34,35,36). The third-order valence-corrected chi connectivity index (χ3v) is 8.76. The summed E-state index contributed by atoms with van der Waals surface area (Å²) in [5.41, 5.74) is 3.19. The number of aliphatic hydroxyl groups excluding tert-OH is 1. The number of azo groups is 1. The van der Waals surface area contributed by atoms with Crippen LogP contribution in [0.15, 0.2) is 63.8 Å². The Bertz CT molecular complexity index is 2300. The highest BCUT2D eigenvalue weighted by atomic mass is 32.2. The van der Waals surface area contributed by atoms with Gasteiger partial charge in [-0.3, -0.25) is 13.8 Å². The van der Waals surface area contributed by atoms with Gasteiger partial charge >= 0.3 is 0 Å². The van der Waals surface area contributed by atoms with Gasteiger partial charge < -0.3 is 25.6 Å². The van der Waals surface area contributed by atoms with E-state index in [9.17, 15) is 26.5 Å². The first-order valence-corrected chi connectivity index (χ1v) is 17.4. The third kappa shape index (κ3) is 8.50. The zero-order chi connectivity index (χ0) is 35.3. The van der Waals surface area contributed by atoms with Gasteiger partial charge in [-0.2, -0.15) is 36.9 Å². The predicted octanol–water partition coefficient (Wildman–Crippen LogP) is 4.25. The predicted molar refractivity (Wildman–Crippen MR) is 180 cm³/mol. The van der Waals surface area contributed by atoms with Gasteiger partial charge in [-0.15, -0.1) is 10.2 Å². The second-order valence-electron chi connectivity index (χ2n) is 10.5. The van der Waals surface area contributed by atoms with Crippen LogP contribution in [0.4, 0.5) is 46.4 Å². The minimum atomic E-state index is -4.37. The van der Waals surface area contributed by atoms with Gasteiger partial charge in [0.2, 0.25) is 17.8 Å². The highest BCUT2D eigenvalue weighted by molar-refractivity contribution is 7.86. The van der Waals surface area contributed by atoms with Gasteiger partial charge in [0, 0.05) is 42.6 Å². The number of aryl methyl sites for hydroxylation is 2. The maximum absolute atomic E-state index is 11.4. The molecule has 2 aromatic carbocycles. The van der Waals surface area contributed by atoms with E-state index >= 15 is 0 Å². The zero-order valence-corrected chi connectivity index (χ0v) is 27.6. The van der Waals surface area contributed by atoms with Gasteiger partial charge in [0.1, 0.15) is 5.69 Å². The molecule has 0 unspecified atom stereocenters. The van der Waals surface area contributed by atoms with E-state index < -0.39 is 26.0 Å². The van der Waals surface area contributed by atoms with E-state index in [0.717, 1.165) is 11.2 Å². The topological polar surface area (TPSA) is 256 Å². The second kappa shape index (κ2) is 14.3. The van der Waals surface area contributed by atoms with Gasteiger partial charge in [-0.25, -0.2) is 4.85 Å². The molecule has 0 aliphatic rings. The molecule has 0 fully saturated rings. The summed E-state index contributed by atoms with van der Waals surface area (Å²) in [6, 6.07) is 10.8. The van der Waals surface area contributed by atoms with Gasteiger partial charge in [-0.05, 0) is 55.8 Å². The molecule has 6 N–H and O–H groups in total. The minimum Gasteiger partial charge on any atom is -0.395 e. The van der Waals surface area contributed by atoms with Crippen LogP contribution < -0.4 is 16.0 Å². The van der Waals surface area contributed by atoms with Crippen LogP contribution in [0.2, 0.25) is 0 Å². The number of hydrogen-bond acceptors (Lipinski definition) is 14. The average molecular weight is 711 g/mol. The maximum atomic E-state index is 11.4. The van der Waals surface area contributed by atoms with Crippen molar-refractivity contribution in [2.24, 2.45) is 17.3 Å². The van der Waals surface area contributed by atoms with Crippen molar-refractivity contribution in [1.82, 2.24) is 29.3 Å². The van der Waals surface area contributed by atoms with Crippen LogP contribution in [0.3, 0.4) is 0 Å². The fourth-order valence-corrected chi connectivity index (χ4v) is 5.64. The molecule has 0 aliphatic heterocycles. The van der Waals surface area contributed by atoms with Crippen molar-refractivity contribution < 1.29 is 31.0 Å². The number of nitrogens with one attached hydrogen (secondary N) is 3. The number of rotatable bonds is 14. The van der Waals surface area contributed by atoms with E-state index in [1.807, 2.05) is 30.7 Å². The molecule has 21 heteroatoms. The maximum Gasteiger partial charge on any atom is 0.294 e.